The number of amides is 1. The lowest BCUT2D eigenvalue weighted by Gasteiger charge is -2.21. The number of aliphatic hydroxyl groups excluding tert-OH is 1. The lowest BCUT2D eigenvalue weighted by atomic mass is 10.2. The molecular formula is C9H20ClF3N2O2. The Morgan fingerprint density at radius 2 is 1.65 bits per heavy atom. The van der Waals surface area contributed by atoms with Crippen LogP contribution in [0.3, 0.4) is 0 Å². The van der Waals surface area contributed by atoms with Gasteiger partial charge in [-0.2, -0.15) is 0 Å². The molecule has 0 unspecified atom stereocenters. The minimum atomic E-state index is -2.48. The Balaban J connectivity index is -0.000000224. The van der Waals surface area contributed by atoms with Crippen LogP contribution in [-0.4, -0.2) is 60.8 Å². The van der Waals surface area contributed by atoms with Gasteiger partial charge in [0.05, 0.1) is 27.7 Å². The maximum atomic E-state index is 12.2. The van der Waals surface area contributed by atoms with Crippen molar-refractivity contribution in [1.82, 2.24) is 5.34 Å². The molecule has 1 N–H and O–H groups in total. The van der Waals surface area contributed by atoms with Crippen LogP contribution >= 0.6 is 0 Å². The summed E-state index contributed by atoms with van der Waals surface area (Å²) >= 11 is 0. The van der Waals surface area contributed by atoms with Gasteiger partial charge in [0, 0.05) is 5.34 Å². The first-order valence-corrected chi connectivity index (χ1v) is 4.68. The van der Waals surface area contributed by atoms with Gasteiger partial charge >= 0.3 is 5.91 Å². The van der Waals surface area contributed by atoms with Gasteiger partial charge in [0.2, 0.25) is 0 Å². The van der Waals surface area contributed by atoms with Crippen molar-refractivity contribution in [3.05, 3.63) is 0 Å². The number of likely N-dealkylation sites (N-methyl/N-ethyl adjacent to an activating group) is 1. The molecule has 0 fully saturated rings. The third-order valence-electron chi connectivity index (χ3n) is 1.43. The van der Waals surface area contributed by atoms with E-state index in [1.807, 2.05) is 0 Å². The van der Waals surface area contributed by atoms with Crippen LogP contribution in [0.15, 0.2) is 0 Å². The van der Waals surface area contributed by atoms with Crippen LogP contribution in [0, 0.1) is 0 Å². The van der Waals surface area contributed by atoms with Gasteiger partial charge in [-0.15, -0.1) is 0 Å². The van der Waals surface area contributed by atoms with Crippen molar-refractivity contribution in [2.45, 2.75) is 19.5 Å². The van der Waals surface area contributed by atoms with E-state index in [0.29, 0.717) is 0 Å². The summed E-state index contributed by atoms with van der Waals surface area (Å²) in [5.41, 5.74) is -2.48. The van der Waals surface area contributed by atoms with Crippen molar-refractivity contribution in [3.63, 3.8) is 0 Å². The molecule has 0 bridgehead atoms. The van der Waals surface area contributed by atoms with Crippen LogP contribution < -0.4 is 12.4 Å². The second kappa shape index (κ2) is 8.54. The molecule has 0 spiro atoms. The molecule has 0 saturated heterocycles. The summed E-state index contributed by atoms with van der Waals surface area (Å²) in [7, 11) is 6.16. The van der Waals surface area contributed by atoms with E-state index in [2.05, 4.69) is 21.1 Å². The fourth-order valence-corrected chi connectivity index (χ4v) is 0.501. The maximum absolute atomic E-state index is 12.2. The first-order valence-electron chi connectivity index (χ1n) is 4.68. The van der Waals surface area contributed by atoms with E-state index < -0.39 is 16.9 Å². The molecule has 4 nitrogen and oxygen atoms in total. The van der Waals surface area contributed by atoms with E-state index >= 15 is 0 Å². The van der Waals surface area contributed by atoms with Gasteiger partial charge < -0.3 is 22.0 Å². The van der Waals surface area contributed by atoms with Gasteiger partial charge in [0.15, 0.2) is 5.67 Å². The first-order chi connectivity index (χ1) is 6.91. The van der Waals surface area contributed by atoms with Crippen molar-refractivity contribution >= 4 is 5.91 Å². The third kappa shape index (κ3) is 15.5. The molecule has 1 amide bonds. The maximum Gasteiger partial charge on any atom is 0.320 e. The van der Waals surface area contributed by atoms with E-state index in [-0.39, 0.29) is 19.0 Å². The summed E-state index contributed by atoms with van der Waals surface area (Å²) in [6.07, 6.45) is 0. The lowest BCUT2D eigenvalue weighted by molar-refractivity contribution is -0.870. The highest BCUT2D eigenvalue weighted by Crippen LogP contribution is 2.12. The number of carbonyl (C=O) groups excluding carboxylic acids is 1. The summed E-state index contributed by atoms with van der Waals surface area (Å²) < 4.78 is 35.3. The Morgan fingerprint density at radius 1 is 1.29 bits per heavy atom. The summed E-state index contributed by atoms with van der Waals surface area (Å²) in [5.74, 6) is -1.83. The van der Waals surface area contributed by atoms with E-state index in [1.54, 1.807) is 0 Å². The minimum Gasteiger partial charge on any atom is -1.00 e. The molecule has 0 saturated carbocycles. The second-order valence-electron chi connectivity index (χ2n) is 4.75. The van der Waals surface area contributed by atoms with Crippen LogP contribution in [0.2, 0.25) is 0 Å². The van der Waals surface area contributed by atoms with Crippen molar-refractivity contribution in [1.29, 1.82) is 0 Å². The van der Waals surface area contributed by atoms with Crippen LogP contribution in [0.4, 0.5) is 13.4 Å². The quantitative estimate of drug-likeness (QED) is 0.481. The predicted octanol–water partition coefficient (Wildman–Crippen LogP) is -1.98. The molecule has 0 aromatic rings. The molecule has 0 aliphatic heterocycles. The molecule has 106 valence electrons. The molecule has 0 aromatic carbocycles. The fraction of sp³-hybridized carbons (Fsp3) is 0.889. The highest BCUT2D eigenvalue weighted by Gasteiger charge is 2.32. The van der Waals surface area contributed by atoms with Crippen molar-refractivity contribution in [2.24, 2.45) is 0 Å². The number of aliphatic hydroxyl groups is 1. The van der Waals surface area contributed by atoms with E-state index in [1.165, 1.54) is 0 Å². The molecular weight excluding hydrogens is 261 g/mol. The number of nitrogens with zero attached hydrogens (tertiary/aromatic N) is 2. The molecule has 0 radical (unpaired) electrons. The monoisotopic (exact) mass is 280 g/mol. The summed E-state index contributed by atoms with van der Waals surface area (Å²) in [4.78, 5) is 9.97. The minimum absolute atomic E-state index is 0. The molecule has 0 atom stereocenters. The van der Waals surface area contributed by atoms with Crippen molar-refractivity contribution in [2.75, 3.05) is 34.3 Å². The van der Waals surface area contributed by atoms with Crippen LogP contribution in [0.1, 0.15) is 13.8 Å². The largest absolute Gasteiger partial charge is 1.00 e. The average Bonchev–Trinajstić information content (AvgIpc) is 1.99. The van der Waals surface area contributed by atoms with Gasteiger partial charge in [0.1, 0.15) is 6.54 Å². The zero-order valence-corrected chi connectivity index (χ0v) is 11.4. The normalized spacial score (nSPS) is 10.9. The Morgan fingerprint density at radius 3 is 1.65 bits per heavy atom. The highest BCUT2D eigenvalue weighted by molar-refractivity contribution is 5.82. The van der Waals surface area contributed by atoms with E-state index in [4.69, 9.17) is 5.11 Å². The van der Waals surface area contributed by atoms with Gasteiger partial charge in [-0.25, -0.2) is 4.39 Å². The van der Waals surface area contributed by atoms with Crippen molar-refractivity contribution in [3.8, 4) is 0 Å². The lowest BCUT2D eigenvalue weighted by Crippen LogP contribution is -3.00. The Hall–Kier alpha value is -0.530. The molecule has 0 rings (SSSR count). The number of carbonyl (C=O) groups is 1. The van der Waals surface area contributed by atoms with Crippen LogP contribution in [0.25, 0.3) is 0 Å². The van der Waals surface area contributed by atoms with Crippen molar-refractivity contribution < 1.29 is 40.1 Å². The average molecular weight is 281 g/mol. The topological polar surface area (TPSA) is 40.5 Å². The summed E-state index contributed by atoms with van der Waals surface area (Å²) in [6, 6.07) is 0. The van der Waals surface area contributed by atoms with E-state index in [0.717, 1.165) is 24.9 Å². The first kappa shape index (κ1) is 21.7. The number of rotatable bonds is 3. The molecule has 0 aromatic heterocycles. The predicted molar refractivity (Wildman–Crippen MR) is 54.2 cm³/mol. The molecule has 0 aliphatic carbocycles. The molecule has 8 heteroatoms. The standard InChI is InChI=1S/C5H14NO.C4H6F3NO.ClH/c1-6(2,3)4-5-7;1-4(2,5)3(9)8(6)7;/h7H,4-5H2,1-3H3;1-2H3;1H/q+1;;/p-1. The zero-order chi connectivity index (χ0) is 13.6. The van der Waals surface area contributed by atoms with Crippen LogP contribution in [-0.2, 0) is 4.79 Å². The third-order valence-corrected chi connectivity index (χ3v) is 1.43. The smallest absolute Gasteiger partial charge is 0.320 e. The molecule has 17 heavy (non-hydrogen) atoms. The summed E-state index contributed by atoms with van der Waals surface area (Å²) in [6.45, 7) is 2.65. The highest BCUT2D eigenvalue weighted by atomic mass is 35.5. The van der Waals surface area contributed by atoms with E-state index in [9.17, 15) is 18.1 Å². The number of alkyl halides is 1. The Labute approximate surface area is 106 Å². The molecule has 0 heterocycles. The Kier molecular flexibility index (Phi) is 10.9. The number of quaternary nitrogens is 1. The summed E-state index contributed by atoms with van der Waals surface area (Å²) in [5, 5.41) is 6.62. The second-order valence-corrected chi connectivity index (χ2v) is 4.75. The van der Waals surface area contributed by atoms with Gasteiger partial charge in [-0.05, 0) is 13.8 Å². The van der Waals surface area contributed by atoms with Gasteiger partial charge in [-0.1, -0.05) is 8.96 Å². The number of hydrogen-bond donors (Lipinski definition) is 1. The Bertz CT molecular complexity index is 215. The number of halogens is 4. The van der Waals surface area contributed by atoms with Crippen LogP contribution in [0.5, 0.6) is 0 Å². The fourth-order valence-electron chi connectivity index (χ4n) is 0.501. The zero-order valence-electron chi connectivity index (χ0n) is 10.7. The SMILES string of the molecule is CC(C)(F)C(=O)N(F)F.C[N+](C)(C)CCO.[Cl-]. The molecule has 0 aliphatic rings. The number of hydrogen-bond acceptors (Lipinski definition) is 2. The van der Waals surface area contributed by atoms with Gasteiger partial charge in [-0.3, -0.25) is 4.79 Å². The van der Waals surface area contributed by atoms with Gasteiger partial charge in [0.25, 0.3) is 0 Å².